The fraction of sp³-hybridized carbons (Fsp3) is 0.154. The first-order chi connectivity index (χ1) is 8.20. The quantitative estimate of drug-likeness (QED) is 0.767. The van der Waals surface area contributed by atoms with Crippen LogP contribution in [0.3, 0.4) is 0 Å². The van der Waals surface area contributed by atoms with Gasteiger partial charge in [0.25, 0.3) is 0 Å². The van der Waals surface area contributed by atoms with Gasteiger partial charge in [0.1, 0.15) is 11.5 Å². The van der Waals surface area contributed by atoms with E-state index in [1.165, 1.54) is 0 Å². The lowest BCUT2D eigenvalue weighted by Gasteiger charge is -2.11. The number of pyridine rings is 1. The van der Waals surface area contributed by atoms with Gasteiger partial charge < -0.3 is 4.74 Å². The molecule has 1 aromatic carbocycles. The SMILES string of the molecule is Cc1ccc(Br)cc1Oc1ccncc1CCl. The predicted molar refractivity (Wildman–Crippen MR) is 72.7 cm³/mol. The van der Waals surface area contributed by atoms with E-state index in [0.29, 0.717) is 5.88 Å². The van der Waals surface area contributed by atoms with Gasteiger partial charge in [0.15, 0.2) is 0 Å². The lowest BCUT2D eigenvalue weighted by Crippen LogP contribution is -1.92. The summed E-state index contributed by atoms with van der Waals surface area (Å²) in [6.07, 6.45) is 3.41. The Morgan fingerprint density at radius 2 is 2.12 bits per heavy atom. The highest BCUT2D eigenvalue weighted by Gasteiger charge is 2.06. The fourth-order valence-electron chi connectivity index (χ4n) is 1.42. The van der Waals surface area contributed by atoms with E-state index in [9.17, 15) is 0 Å². The number of aryl methyl sites for hydroxylation is 1. The Kier molecular flexibility index (Phi) is 4.02. The topological polar surface area (TPSA) is 22.1 Å². The average Bonchev–Trinajstić information content (AvgIpc) is 2.34. The highest BCUT2D eigenvalue weighted by atomic mass is 79.9. The van der Waals surface area contributed by atoms with E-state index < -0.39 is 0 Å². The molecule has 0 N–H and O–H groups in total. The molecule has 0 spiro atoms. The van der Waals surface area contributed by atoms with E-state index in [1.807, 2.05) is 31.2 Å². The normalized spacial score (nSPS) is 10.3. The van der Waals surface area contributed by atoms with Crippen LogP contribution in [0.4, 0.5) is 0 Å². The Labute approximate surface area is 114 Å². The second kappa shape index (κ2) is 5.52. The van der Waals surface area contributed by atoms with Crippen LogP contribution in [0.15, 0.2) is 41.1 Å². The van der Waals surface area contributed by atoms with Crippen molar-refractivity contribution >= 4 is 27.5 Å². The van der Waals surface area contributed by atoms with Crippen molar-refractivity contribution in [2.24, 2.45) is 0 Å². The van der Waals surface area contributed by atoms with Crippen LogP contribution < -0.4 is 4.74 Å². The Hall–Kier alpha value is -1.06. The summed E-state index contributed by atoms with van der Waals surface area (Å²) in [6, 6.07) is 7.74. The first-order valence-electron chi connectivity index (χ1n) is 5.13. The summed E-state index contributed by atoms with van der Waals surface area (Å²) in [6.45, 7) is 2.00. The van der Waals surface area contributed by atoms with Crippen molar-refractivity contribution in [2.75, 3.05) is 0 Å². The number of aromatic nitrogens is 1. The van der Waals surface area contributed by atoms with E-state index in [4.69, 9.17) is 16.3 Å². The Balaban J connectivity index is 2.34. The van der Waals surface area contributed by atoms with E-state index in [1.54, 1.807) is 12.4 Å². The molecule has 1 heterocycles. The van der Waals surface area contributed by atoms with Gasteiger partial charge in [-0.05, 0) is 30.7 Å². The van der Waals surface area contributed by atoms with Crippen molar-refractivity contribution in [2.45, 2.75) is 12.8 Å². The minimum atomic E-state index is 0.385. The van der Waals surface area contributed by atoms with Gasteiger partial charge in [-0.1, -0.05) is 22.0 Å². The number of ether oxygens (including phenoxy) is 1. The fourth-order valence-corrected chi connectivity index (χ4v) is 1.96. The summed E-state index contributed by atoms with van der Waals surface area (Å²) in [5.41, 5.74) is 1.96. The second-order valence-electron chi connectivity index (χ2n) is 3.63. The second-order valence-corrected chi connectivity index (χ2v) is 4.81. The molecular weight excluding hydrogens is 302 g/mol. The lowest BCUT2D eigenvalue weighted by atomic mass is 10.2. The van der Waals surface area contributed by atoms with Crippen LogP contribution in [0.1, 0.15) is 11.1 Å². The Morgan fingerprint density at radius 3 is 2.88 bits per heavy atom. The molecule has 0 aliphatic carbocycles. The van der Waals surface area contributed by atoms with Gasteiger partial charge in [0, 0.05) is 22.4 Å². The van der Waals surface area contributed by atoms with Crippen LogP contribution >= 0.6 is 27.5 Å². The first-order valence-corrected chi connectivity index (χ1v) is 6.46. The highest BCUT2D eigenvalue weighted by molar-refractivity contribution is 9.10. The number of benzene rings is 1. The van der Waals surface area contributed by atoms with Crippen molar-refractivity contribution in [1.29, 1.82) is 0 Å². The zero-order valence-electron chi connectivity index (χ0n) is 9.28. The third-order valence-corrected chi connectivity index (χ3v) is 3.15. The highest BCUT2D eigenvalue weighted by Crippen LogP contribution is 2.30. The first kappa shape index (κ1) is 12.4. The summed E-state index contributed by atoms with van der Waals surface area (Å²) in [4.78, 5) is 4.02. The number of hydrogen-bond acceptors (Lipinski definition) is 2. The van der Waals surface area contributed by atoms with Crippen LogP contribution in [0.2, 0.25) is 0 Å². The van der Waals surface area contributed by atoms with Gasteiger partial charge in [-0.25, -0.2) is 0 Å². The average molecular weight is 313 g/mol. The van der Waals surface area contributed by atoms with Gasteiger partial charge >= 0.3 is 0 Å². The molecule has 2 aromatic rings. The third kappa shape index (κ3) is 2.99. The minimum absolute atomic E-state index is 0.385. The molecule has 1 aromatic heterocycles. The maximum absolute atomic E-state index is 5.86. The predicted octanol–water partition coefficient (Wildman–Crippen LogP) is 4.68. The zero-order chi connectivity index (χ0) is 12.3. The molecule has 0 saturated heterocycles. The van der Waals surface area contributed by atoms with Crippen molar-refractivity contribution in [3.63, 3.8) is 0 Å². The van der Waals surface area contributed by atoms with Crippen LogP contribution in [0.25, 0.3) is 0 Å². The number of rotatable bonds is 3. The summed E-state index contributed by atoms with van der Waals surface area (Å²) >= 11 is 9.27. The van der Waals surface area contributed by atoms with Crippen molar-refractivity contribution in [3.05, 3.63) is 52.3 Å². The van der Waals surface area contributed by atoms with E-state index in [0.717, 1.165) is 27.1 Å². The van der Waals surface area contributed by atoms with E-state index in [2.05, 4.69) is 20.9 Å². The maximum atomic E-state index is 5.86. The van der Waals surface area contributed by atoms with Crippen molar-refractivity contribution < 1.29 is 4.74 Å². The molecule has 0 saturated carbocycles. The summed E-state index contributed by atoms with van der Waals surface area (Å²) in [5.74, 6) is 1.95. The van der Waals surface area contributed by atoms with Crippen molar-refractivity contribution in [3.8, 4) is 11.5 Å². The summed E-state index contributed by atoms with van der Waals surface area (Å²) < 4.78 is 6.84. The van der Waals surface area contributed by atoms with Gasteiger partial charge in [-0.2, -0.15) is 0 Å². The van der Waals surface area contributed by atoms with Crippen LogP contribution in [-0.4, -0.2) is 4.98 Å². The van der Waals surface area contributed by atoms with E-state index >= 15 is 0 Å². The smallest absolute Gasteiger partial charge is 0.134 e. The van der Waals surface area contributed by atoms with Gasteiger partial charge in [0.05, 0.1) is 5.88 Å². The molecule has 0 fully saturated rings. The number of alkyl halides is 1. The zero-order valence-corrected chi connectivity index (χ0v) is 11.6. The molecule has 88 valence electrons. The number of nitrogens with zero attached hydrogens (tertiary/aromatic N) is 1. The maximum Gasteiger partial charge on any atom is 0.134 e. The summed E-state index contributed by atoms with van der Waals surface area (Å²) in [7, 11) is 0. The van der Waals surface area contributed by atoms with Gasteiger partial charge in [-0.3, -0.25) is 4.98 Å². The summed E-state index contributed by atoms with van der Waals surface area (Å²) in [5, 5.41) is 0. The molecule has 0 unspecified atom stereocenters. The van der Waals surface area contributed by atoms with Crippen LogP contribution in [0, 0.1) is 6.92 Å². The Morgan fingerprint density at radius 1 is 1.29 bits per heavy atom. The standard InChI is InChI=1S/C13H11BrClNO/c1-9-2-3-11(14)6-13(9)17-12-4-5-16-8-10(12)7-15/h2-6,8H,7H2,1H3. The molecule has 0 amide bonds. The van der Waals surface area contributed by atoms with Gasteiger partial charge in [-0.15, -0.1) is 11.6 Å². The molecule has 2 nitrogen and oxygen atoms in total. The van der Waals surface area contributed by atoms with Crippen LogP contribution in [0.5, 0.6) is 11.5 Å². The number of halogens is 2. The molecule has 0 atom stereocenters. The largest absolute Gasteiger partial charge is 0.457 e. The molecule has 2 rings (SSSR count). The molecule has 0 bridgehead atoms. The molecule has 4 heteroatoms. The third-order valence-electron chi connectivity index (χ3n) is 2.37. The lowest BCUT2D eigenvalue weighted by molar-refractivity contribution is 0.473. The Bertz CT molecular complexity index is 531. The van der Waals surface area contributed by atoms with Crippen LogP contribution in [-0.2, 0) is 5.88 Å². The molecule has 17 heavy (non-hydrogen) atoms. The minimum Gasteiger partial charge on any atom is -0.457 e. The van der Waals surface area contributed by atoms with E-state index in [-0.39, 0.29) is 0 Å². The molecule has 0 radical (unpaired) electrons. The number of hydrogen-bond donors (Lipinski definition) is 0. The van der Waals surface area contributed by atoms with Gasteiger partial charge in [0.2, 0.25) is 0 Å². The van der Waals surface area contributed by atoms with Crippen molar-refractivity contribution in [1.82, 2.24) is 4.98 Å². The monoisotopic (exact) mass is 311 g/mol. The molecular formula is C13H11BrClNO. The molecule has 0 aliphatic rings. The molecule has 0 aliphatic heterocycles.